The van der Waals surface area contributed by atoms with Gasteiger partial charge in [0, 0.05) is 6.42 Å². The first-order chi connectivity index (χ1) is 18.7. The van der Waals surface area contributed by atoms with E-state index in [-0.39, 0.29) is 53.5 Å². The highest BCUT2D eigenvalue weighted by molar-refractivity contribution is 14.1. The summed E-state index contributed by atoms with van der Waals surface area (Å²) in [6.07, 6.45) is 6.75. The van der Waals surface area contributed by atoms with E-state index in [1.165, 1.54) is 36.3 Å². The largest absolute Gasteiger partial charge is 0.495 e. The number of nitrogens with zero attached hydrogens (tertiary/aromatic N) is 1. The third-order valence-electron chi connectivity index (χ3n) is 6.46. The fourth-order valence-electron chi connectivity index (χ4n) is 4.45. The molecule has 2 aliphatic rings. The van der Waals surface area contributed by atoms with Crippen LogP contribution in [0.5, 0.6) is 11.5 Å². The van der Waals surface area contributed by atoms with Crippen LogP contribution in [-0.4, -0.2) is 70.4 Å². The number of benzene rings is 2. The zero-order valence-electron chi connectivity index (χ0n) is 21.2. The summed E-state index contributed by atoms with van der Waals surface area (Å²) in [6, 6.07) is 10.0. The Hall–Kier alpha value is -3.61. The lowest BCUT2D eigenvalue weighted by Gasteiger charge is -2.25. The molecule has 39 heavy (non-hydrogen) atoms. The molecule has 1 fully saturated rings. The zero-order chi connectivity index (χ0) is 27.9. The van der Waals surface area contributed by atoms with E-state index in [1.807, 2.05) is 24.3 Å². The number of carboxylic acid groups (broad SMARTS) is 1. The third kappa shape index (κ3) is 7.49. The van der Waals surface area contributed by atoms with Crippen LogP contribution in [0, 0.1) is 0 Å². The second kappa shape index (κ2) is 13.0. The summed E-state index contributed by atoms with van der Waals surface area (Å²) in [7, 11) is 1.48. The highest BCUT2D eigenvalue weighted by Gasteiger charge is 2.35. The molecule has 9 nitrogen and oxygen atoms in total. The molecule has 2 aromatic carbocycles. The number of hydrogen-bond donors (Lipinski definition) is 3. The molecule has 0 spiro atoms. The summed E-state index contributed by atoms with van der Waals surface area (Å²) in [5.74, 6) is -0.454. The molecule has 2 aromatic rings. The minimum atomic E-state index is -1.16. The summed E-state index contributed by atoms with van der Waals surface area (Å²) in [6.45, 7) is 0.0638. The van der Waals surface area contributed by atoms with Crippen molar-refractivity contribution < 1.29 is 33.4 Å². The summed E-state index contributed by atoms with van der Waals surface area (Å²) in [4.78, 5) is 38.2. The summed E-state index contributed by atoms with van der Waals surface area (Å²) in [5, 5.41) is 14.7. The van der Waals surface area contributed by atoms with Crippen LogP contribution in [0.2, 0.25) is 0 Å². The normalized spacial score (nSPS) is 21.9. The maximum atomic E-state index is 14.3. The number of likely N-dealkylation sites (tertiary alicyclic amines) is 1. The Balaban J connectivity index is 1.35. The average Bonchev–Trinajstić information content (AvgIpc) is 3.30. The van der Waals surface area contributed by atoms with Crippen LogP contribution in [0.25, 0.3) is 0 Å². The Bertz CT molecular complexity index is 1270. The number of anilines is 1. The summed E-state index contributed by atoms with van der Waals surface area (Å²) in [5.41, 5.74) is 1.24. The van der Waals surface area contributed by atoms with E-state index < -0.39 is 18.2 Å². The maximum Gasteiger partial charge on any atom is 0.335 e. The second-order valence-corrected chi connectivity index (χ2v) is 10.7. The van der Waals surface area contributed by atoms with Crippen molar-refractivity contribution in [2.45, 2.75) is 35.0 Å². The monoisotopic (exact) mass is 649 g/mol. The van der Waals surface area contributed by atoms with Gasteiger partial charge in [0.05, 0.1) is 47.3 Å². The molecule has 1 aliphatic heterocycles. The van der Waals surface area contributed by atoms with Crippen LogP contribution in [0.4, 0.5) is 14.9 Å². The van der Waals surface area contributed by atoms with E-state index in [1.54, 1.807) is 18.2 Å². The number of methoxy groups -OCH3 is 1. The SMILES string of the molecule is COc1cc(CC(=O)N2C[C@@H](F)C[C@H]2COc2ccc(C(=O)O)cc2)ccc1NC(=O)NC1C=CC=CC1I. The lowest BCUT2D eigenvalue weighted by molar-refractivity contribution is -0.132. The Labute approximate surface area is 239 Å². The fraction of sp³-hybridized carbons (Fsp3) is 0.321. The molecule has 4 rings (SSSR count). The van der Waals surface area contributed by atoms with Crippen molar-refractivity contribution in [2.24, 2.45) is 0 Å². The minimum Gasteiger partial charge on any atom is -0.495 e. The molecule has 1 aliphatic carbocycles. The first-order valence-corrected chi connectivity index (χ1v) is 13.6. The lowest BCUT2D eigenvalue weighted by Crippen LogP contribution is -2.41. The maximum absolute atomic E-state index is 14.3. The number of alkyl halides is 2. The summed E-state index contributed by atoms with van der Waals surface area (Å²) < 4.78 is 25.6. The van der Waals surface area contributed by atoms with E-state index in [9.17, 15) is 18.8 Å². The van der Waals surface area contributed by atoms with Gasteiger partial charge in [-0.2, -0.15) is 0 Å². The molecular weight excluding hydrogens is 620 g/mol. The van der Waals surface area contributed by atoms with Crippen molar-refractivity contribution in [3.05, 3.63) is 77.9 Å². The number of halogens is 2. The zero-order valence-corrected chi connectivity index (χ0v) is 23.3. The number of allylic oxidation sites excluding steroid dienone is 2. The van der Waals surface area contributed by atoms with Crippen molar-refractivity contribution in [1.29, 1.82) is 0 Å². The Kier molecular flexibility index (Phi) is 9.44. The van der Waals surface area contributed by atoms with Crippen LogP contribution >= 0.6 is 22.6 Å². The molecule has 0 aromatic heterocycles. The topological polar surface area (TPSA) is 117 Å². The van der Waals surface area contributed by atoms with E-state index in [2.05, 4.69) is 33.2 Å². The number of carbonyl (C=O) groups is 3. The Morgan fingerprint density at radius 2 is 1.87 bits per heavy atom. The van der Waals surface area contributed by atoms with Gasteiger partial charge in [-0.1, -0.05) is 53.0 Å². The molecule has 3 N–H and O–H groups in total. The quantitative estimate of drug-likeness (QED) is 0.275. The number of aromatic carboxylic acids is 1. The van der Waals surface area contributed by atoms with Gasteiger partial charge in [-0.3, -0.25) is 4.79 Å². The second-order valence-electron chi connectivity index (χ2n) is 9.22. The van der Waals surface area contributed by atoms with Crippen molar-refractivity contribution in [2.75, 3.05) is 25.6 Å². The molecule has 4 atom stereocenters. The number of amides is 3. The third-order valence-corrected chi connectivity index (χ3v) is 7.65. The van der Waals surface area contributed by atoms with Crippen LogP contribution in [0.1, 0.15) is 22.3 Å². The molecule has 0 saturated carbocycles. The van der Waals surface area contributed by atoms with Crippen molar-refractivity contribution in [3.8, 4) is 11.5 Å². The van der Waals surface area contributed by atoms with Crippen LogP contribution in [0.3, 0.4) is 0 Å². The van der Waals surface area contributed by atoms with Crippen molar-refractivity contribution in [1.82, 2.24) is 10.2 Å². The number of rotatable bonds is 9. The van der Waals surface area contributed by atoms with Gasteiger partial charge < -0.3 is 30.1 Å². The smallest absolute Gasteiger partial charge is 0.335 e. The lowest BCUT2D eigenvalue weighted by atomic mass is 10.1. The molecule has 2 unspecified atom stereocenters. The molecule has 3 amide bonds. The first-order valence-electron chi connectivity index (χ1n) is 12.4. The molecule has 1 heterocycles. The standard InChI is InChI=1S/C28H29FIN3O6/c1-38-25-12-17(6-11-24(25)32-28(37)31-23-5-3-2-4-22(23)30)13-26(34)33-15-19(29)14-20(33)16-39-21-9-7-18(8-10-21)27(35)36/h2-12,19-20,22-23H,13-16H2,1H3,(H,35,36)(H2,31,32,37)/t19-,20-,22?,23?/m0/s1. The van der Waals surface area contributed by atoms with E-state index >= 15 is 0 Å². The van der Waals surface area contributed by atoms with E-state index in [0.29, 0.717) is 22.7 Å². The van der Waals surface area contributed by atoms with Gasteiger partial charge >= 0.3 is 12.0 Å². The van der Waals surface area contributed by atoms with Gasteiger partial charge in [-0.15, -0.1) is 0 Å². The summed E-state index contributed by atoms with van der Waals surface area (Å²) >= 11 is 2.25. The van der Waals surface area contributed by atoms with Crippen molar-refractivity contribution >= 4 is 46.2 Å². The number of nitrogens with one attached hydrogen (secondary N) is 2. The highest BCUT2D eigenvalue weighted by atomic mass is 127. The number of urea groups is 1. The van der Waals surface area contributed by atoms with E-state index in [4.69, 9.17) is 14.6 Å². The van der Waals surface area contributed by atoms with Gasteiger partial charge in [-0.25, -0.2) is 14.0 Å². The van der Waals surface area contributed by atoms with Gasteiger partial charge in [-0.05, 0) is 42.0 Å². The number of carboxylic acids is 1. The Morgan fingerprint density at radius 3 is 2.56 bits per heavy atom. The van der Waals surface area contributed by atoms with E-state index in [0.717, 1.165) is 0 Å². The van der Waals surface area contributed by atoms with Crippen LogP contribution in [-0.2, 0) is 11.2 Å². The molecule has 0 radical (unpaired) electrons. The predicted octanol–water partition coefficient (Wildman–Crippen LogP) is 4.37. The van der Waals surface area contributed by atoms with Gasteiger partial charge in [0.15, 0.2) is 0 Å². The van der Waals surface area contributed by atoms with Crippen LogP contribution < -0.4 is 20.1 Å². The van der Waals surface area contributed by atoms with Gasteiger partial charge in [0.1, 0.15) is 24.3 Å². The molecule has 206 valence electrons. The average molecular weight is 649 g/mol. The predicted molar refractivity (Wildman–Crippen MR) is 153 cm³/mol. The van der Waals surface area contributed by atoms with Gasteiger partial charge in [0.25, 0.3) is 0 Å². The number of ether oxygens (including phenoxy) is 2. The molecule has 11 heteroatoms. The molecular formula is C28H29FIN3O6. The highest BCUT2D eigenvalue weighted by Crippen LogP contribution is 2.28. The number of hydrogen-bond acceptors (Lipinski definition) is 5. The van der Waals surface area contributed by atoms with Crippen LogP contribution in [0.15, 0.2) is 66.8 Å². The van der Waals surface area contributed by atoms with Crippen molar-refractivity contribution in [3.63, 3.8) is 0 Å². The number of carbonyl (C=O) groups excluding carboxylic acids is 2. The Morgan fingerprint density at radius 1 is 1.13 bits per heavy atom. The molecule has 1 saturated heterocycles. The van der Waals surface area contributed by atoms with Gasteiger partial charge in [0.2, 0.25) is 5.91 Å². The minimum absolute atomic E-state index is 0.0229. The fourth-order valence-corrected chi connectivity index (χ4v) is 5.11. The first kappa shape index (κ1) is 28.4. The molecule has 0 bridgehead atoms.